The van der Waals surface area contributed by atoms with Crippen molar-refractivity contribution in [1.82, 2.24) is 4.90 Å². The molecule has 0 aromatic heterocycles. The van der Waals surface area contributed by atoms with Gasteiger partial charge in [0.1, 0.15) is 5.82 Å². The highest BCUT2D eigenvalue weighted by molar-refractivity contribution is 6.01. The Morgan fingerprint density at radius 1 is 0.949 bits per heavy atom. The van der Waals surface area contributed by atoms with Crippen molar-refractivity contribution in [3.63, 3.8) is 0 Å². The van der Waals surface area contributed by atoms with Crippen LogP contribution in [0.1, 0.15) is 29.2 Å². The Bertz CT molecular complexity index is 1400. The van der Waals surface area contributed by atoms with E-state index in [4.69, 9.17) is 9.73 Å². The maximum absolute atomic E-state index is 13.8. The Balaban J connectivity index is 1.53. The Hall–Kier alpha value is -4.08. The van der Waals surface area contributed by atoms with Crippen LogP contribution in [0, 0.1) is 12.7 Å². The highest BCUT2D eigenvalue weighted by Crippen LogP contribution is 2.42. The van der Waals surface area contributed by atoms with Gasteiger partial charge in [-0.2, -0.15) is 13.2 Å². The second-order valence-corrected chi connectivity index (χ2v) is 9.59. The first-order chi connectivity index (χ1) is 18.7. The van der Waals surface area contributed by atoms with E-state index in [0.717, 1.165) is 23.4 Å². The molecule has 1 saturated heterocycles. The van der Waals surface area contributed by atoms with Crippen LogP contribution in [0.2, 0.25) is 0 Å². The fourth-order valence-electron chi connectivity index (χ4n) is 5.09. The van der Waals surface area contributed by atoms with E-state index in [-0.39, 0.29) is 17.9 Å². The minimum absolute atomic E-state index is 0.0718. The Labute approximate surface area is 224 Å². The standard InChI is InChI=1S/C29H28F4N4O2/c1-19-16-21(10-11-24(19)30)35-12-14-36(15-13-35)28-34-25-9-4-3-8-23(25)26(18-27(38)39-2)37(28)22-7-5-6-20(17-22)29(31,32)33/h3-11,16-17,26H,12-15,18H2,1-2H3. The fourth-order valence-corrected chi connectivity index (χ4v) is 5.09. The first-order valence-electron chi connectivity index (χ1n) is 12.6. The molecule has 0 spiro atoms. The third-order valence-corrected chi connectivity index (χ3v) is 7.15. The number of ether oxygens (including phenoxy) is 1. The monoisotopic (exact) mass is 540 g/mol. The number of aliphatic imine (C=N–C) groups is 1. The molecule has 2 heterocycles. The molecule has 2 aliphatic rings. The number of nitrogens with zero attached hydrogens (tertiary/aromatic N) is 4. The minimum Gasteiger partial charge on any atom is -0.469 e. The van der Waals surface area contributed by atoms with Crippen molar-refractivity contribution in [2.45, 2.75) is 25.6 Å². The molecule has 0 amide bonds. The van der Waals surface area contributed by atoms with Gasteiger partial charge in [0, 0.05) is 43.1 Å². The highest BCUT2D eigenvalue weighted by Gasteiger charge is 2.38. The normalized spacial score (nSPS) is 17.5. The number of benzene rings is 3. The molecule has 3 aromatic rings. The second kappa shape index (κ2) is 10.6. The number of hydrogen-bond donors (Lipinski definition) is 0. The van der Waals surface area contributed by atoms with Crippen LogP contribution in [0.25, 0.3) is 0 Å². The van der Waals surface area contributed by atoms with Gasteiger partial charge >= 0.3 is 12.1 Å². The molecule has 10 heteroatoms. The van der Waals surface area contributed by atoms with Crippen LogP contribution in [0.5, 0.6) is 0 Å². The van der Waals surface area contributed by atoms with Gasteiger partial charge < -0.3 is 19.4 Å². The molecule has 0 bridgehead atoms. The summed E-state index contributed by atoms with van der Waals surface area (Å²) in [4.78, 5) is 23.3. The van der Waals surface area contributed by atoms with Crippen LogP contribution in [-0.2, 0) is 15.7 Å². The van der Waals surface area contributed by atoms with Crippen molar-refractivity contribution in [3.05, 3.63) is 89.2 Å². The summed E-state index contributed by atoms with van der Waals surface area (Å²) < 4.78 is 59.8. The number of esters is 1. The fraction of sp³-hybridized carbons (Fsp3) is 0.310. The van der Waals surface area contributed by atoms with Gasteiger partial charge in [-0.3, -0.25) is 4.79 Å². The maximum atomic E-state index is 13.8. The summed E-state index contributed by atoms with van der Waals surface area (Å²) >= 11 is 0. The zero-order valence-electron chi connectivity index (χ0n) is 21.6. The lowest BCUT2D eigenvalue weighted by Gasteiger charge is -2.45. The quantitative estimate of drug-likeness (QED) is 0.296. The Kier molecular flexibility index (Phi) is 7.20. The van der Waals surface area contributed by atoms with Crippen LogP contribution >= 0.6 is 0 Å². The molecule has 3 aromatic carbocycles. The zero-order chi connectivity index (χ0) is 27.7. The van der Waals surface area contributed by atoms with Crippen LogP contribution < -0.4 is 9.80 Å². The van der Waals surface area contributed by atoms with E-state index < -0.39 is 23.8 Å². The summed E-state index contributed by atoms with van der Waals surface area (Å²) in [7, 11) is 1.29. The Morgan fingerprint density at radius 3 is 2.36 bits per heavy atom. The number of piperazine rings is 1. The molecule has 39 heavy (non-hydrogen) atoms. The number of carbonyl (C=O) groups excluding carboxylic acids is 1. The number of carbonyl (C=O) groups is 1. The molecule has 6 nitrogen and oxygen atoms in total. The van der Waals surface area contributed by atoms with Gasteiger partial charge in [-0.05, 0) is 55.0 Å². The van der Waals surface area contributed by atoms with Crippen molar-refractivity contribution in [2.24, 2.45) is 4.99 Å². The second-order valence-electron chi connectivity index (χ2n) is 9.59. The molecule has 204 valence electrons. The average Bonchev–Trinajstić information content (AvgIpc) is 2.94. The first kappa shape index (κ1) is 26.5. The number of fused-ring (bicyclic) bond motifs is 1. The zero-order valence-corrected chi connectivity index (χ0v) is 21.6. The first-order valence-corrected chi connectivity index (χ1v) is 12.6. The van der Waals surface area contributed by atoms with Crippen LogP contribution in [0.3, 0.4) is 0 Å². The minimum atomic E-state index is -4.53. The van der Waals surface area contributed by atoms with Crippen molar-refractivity contribution < 1.29 is 27.1 Å². The predicted octanol–water partition coefficient (Wildman–Crippen LogP) is 6.09. The summed E-state index contributed by atoms with van der Waals surface area (Å²) in [5.41, 5.74) is 2.34. The lowest BCUT2D eigenvalue weighted by molar-refractivity contribution is -0.141. The van der Waals surface area contributed by atoms with Gasteiger partial charge in [-0.1, -0.05) is 24.3 Å². The summed E-state index contributed by atoms with van der Waals surface area (Å²) in [6, 6.07) is 16.8. The molecule has 0 aliphatic carbocycles. The number of guanidine groups is 1. The number of anilines is 2. The number of para-hydroxylation sites is 1. The molecule has 0 N–H and O–H groups in total. The average molecular weight is 541 g/mol. The van der Waals surface area contributed by atoms with Gasteiger partial charge in [-0.15, -0.1) is 0 Å². The van der Waals surface area contributed by atoms with Crippen LogP contribution in [0.4, 0.5) is 34.6 Å². The van der Waals surface area contributed by atoms with E-state index in [1.54, 1.807) is 30.0 Å². The highest BCUT2D eigenvalue weighted by atomic mass is 19.4. The summed E-state index contributed by atoms with van der Waals surface area (Å²) in [5, 5.41) is 0. The van der Waals surface area contributed by atoms with Crippen molar-refractivity contribution in [3.8, 4) is 0 Å². The van der Waals surface area contributed by atoms with Crippen molar-refractivity contribution in [2.75, 3.05) is 43.1 Å². The number of aryl methyl sites for hydroxylation is 1. The van der Waals surface area contributed by atoms with E-state index in [1.165, 1.54) is 19.2 Å². The molecule has 1 unspecified atom stereocenters. The number of rotatable bonds is 4. The number of hydrogen-bond acceptors (Lipinski definition) is 6. The van der Waals surface area contributed by atoms with Gasteiger partial charge in [-0.25, -0.2) is 9.38 Å². The molecule has 5 rings (SSSR count). The van der Waals surface area contributed by atoms with Gasteiger partial charge in [0.25, 0.3) is 0 Å². The van der Waals surface area contributed by atoms with Crippen molar-refractivity contribution in [1.29, 1.82) is 0 Å². The van der Waals surface area contributed by atoms with E-state index in [1.807, 2.05) is 29.2 Å². The SMILES string of the molecule is COC(=O)CC1c2ccccc2N=C(N2CCN(c3ccc(F)c(C)c3)CC2)N1c1cccc(C(F)(F)F)c1. The molecule has 0 radical (unpaired) electrons. The third kappa shape index (κ3) is 5.41. The van der Waals surface area contributed by atoms with Gasteiger partial charge in [0.2, 0.25) is 5.96 Å². The topological polar surface area (TPSA) is 48.4 Å². The lowest BCUT2D eigenvalue weighted by Crippen LogP contribution is -2.55. The number of alkyl halides is 3. The van der Waals surface area contributed by atoms with Crippen LogP contribution in [0.15, 0.2) is 71.7 Å². The van der Waals surface area contributed by atoms with E-state index in [0.29, 0.717) is 43.4 Å². The summed E-state index contributed by atoms with van der Waals surface area (Å²) in [6.45, 7) is 3.97. The smallest absolute Gasteiger partial charge is 0.416 e. The van der Waals surface area contributed by atoms with Crippen molar-refractivity contribution >= 4 is 29.0 Å². The predicted molar refractivity (Wildman–Crippen MR) is 142 cm³/mol. The van der Waals surface area contributed by atoms with Crippen LogP contribution in [-0.4, -0.2) is 50.1 Å². The third-order valence-electron chi connectivity index (χ3n) is 7.15. The maximum Gasteiger partial charge on any atom is 0.416 e. The van der Waals surface area contributed by atoms with E-state index >= 15 is 0 Å². The van der Waals surface area contributed by atoms with Gasteiger partial charge in [0.15, 0.2) is 0 Å². The van der Waals surface area contributed by atoms with Gasteiger partial charge in [0.05, 0.1) is 30.8 Å². The summed E-state index contributed by atoms with van der Waals surface area (Å²) in [5.74, 6) is -0.276. The van der Waals surface area contributed by atoms with E-state index in [9.17, 15) is 22.4 Å². The molecule has 1 atom stereocenters. The number of halogens is 4. The molecule has 2 aliphatic heterocycles. The largest absolute Gasteiger partial charge is 0.469 e. The Morgan fingerprint density at radius 2 is 1.67 bits per heavy atom. The molecular formula is C29H28F4N4O2. The molecule has 0 saturated carbocycles. The van der Waals surface area contributed by atoms with E-state index in [2.05, 4.69) is 4.90 Å². The molecular weight excluding hydrogens is 512 g/mol. The lowest BCUT2D eigenvalue weighted by atomic mass is 9.97. The molecule has 1 fully saturated rings. The summed E-state index contributed by atoms with van der Waals surface area (Å²) in [6.07, 6.45) is -4.60. The number of methoxy groups -OCH3 is 1.